The third-order valence-electron chi connectivity index (χ3n) is 4.77. The Kier molecular flexibility index (Phi) is 4.46. The number of imidazole rings is 1. The number of carbonyl (C=O) groups excluding carboxylic acids is 1. The van der Waals surface area contributed by atoms with E-state index in [4.69, 9.17) is 9.47 Å². The first-order valence-corrected chi connectivity index (χ1v) is 8.57. The number of aromatic nitrogens is 2. The van der Waals surface area contributed by atoms with Gasteiger partial charge in [0.1, 0.15) is 35.3 Å². The Balaban J connectivity index is 1.89. The van der Waals surface area contributed by atoms with Gasteiger partial charge in [-0.25, -0.2) is 13.8 Å². The van der Waals surface area contributed by atoms with Crippen molar-refractivity contribution in [1.29, 1.82) is 0 Å². The zero-order valence-corrected chi connectivity index (χ0v) is 15.2. The van der Waals surface area contributed by atoms with Gasteiger partial charge in [0.05, 0.1) is 25.6 Å². The van der Waals surface area contributed by atoms with Gasteiger partial charge in [0.25, 0.3) is 0 Å². The van der Waals surface area contributed by atoms with Gasteiger partial charge in [-0.15, -0.1) is 0 Å². The molecule has 8 heteroatoms. The van der Waals surface area contributed by atoms with E-state index < -0.39 is 17.6 Å². The van der Waals surface area contributed by atoms with Crippen LogP contribution in [0.4, 0.5) is 14.6 Å². The molecule has 144 valence electrons. The van der Waals surface area contributed by atoms with E-state index in [2.05, 4.69) is 10.3 Å². The van der Waals surface area contributed by atoms with E-state index in [1.165, 1.54) is 38.7 Å². The lowest BCUT2D eigenvalue weighted by molar-refractivity contribution is -0.116. The third kappa shape index (κ3) is 2.87. The smallest absolute Gasteiger partial charge is 0.226 e. The summed E-state index contributed by atoms with van der Waals surface area (Å²) in [6.45, 7) is 0. The van der Waals surface area contributed by atoms with Crippen LogP contribution in [0.3, 0.4) is 0 Å². The van der Waals surface area contributed by atoms with E-state index in [-0.39, 0.29) is 17.9 Å². The number of amides is 1. The minimum absolute atomic E-state index is 0.100. The van der Waals surface area contributed by atoms with Gasteiger partial charge in [0.2, 0.25) is 5.91 Å². The van der Waals surface area contributed by atoms with Gasteiger partial charge in [-0.1, -0.05) is 6.07 Å². The summed E-state index contributed by atoms with van der Waals surface area (Å²) in [6.07, 6.45) is 1.39. The van der Waals surface area contributed by atoms with Gasteiger partial charge >= 0.3 is 0 Å². The summed E-state index contributed by atoms with van der Waals surface area (Å²) >= 11 is 0. The number of ether oxygens (including phenoxy) is 2. The minimum atomic E-state index is -0.831. The van der Waals surface area contributed by atoms with Gasteiger partial charge < -0.3 is 14.8 Å². The molecule has 1 N–H and O–H groups in total. The van der Waals surface area contributed by atoms with E-state index in [9.17, 15) is 13.6 Å². The van der Waals surface area contributed by atoms with Crippen LogP contribution in [0.2, 0.25) is 0 Å². The molecular formula is C20H17F2N3O3. The Bertz CT molecular complexity index is 1040. The molecule has 0 saturated heterocycles. The molecule has 0 spiro atoms. The van der Waals surface area contributed by atoms with E-state index >= 15 is 0 Å². The first-order valence-electron chi connectivity index (χ1n) is 8.57. The molecule has 1 aliphatic rings. The quantitative estimate of drug-likeness (QED) is 0.745. The normalized spacial score (nSPS) is 15.7. The molecule has 3 aromatic rings. The van der Waals surface area contributed by atoms with Crippen molar-refractivity contribution in [2.45, 2.75) is 12.3 Å². The van der Waals surface area contributed by atoms with E-state index in [1.807, 2.05) is 0 Å². The molecule has 0 radical (unpaired) electrons. The maximum atomic E-state index is 14.4. The molecule has 4 rings (SSSR count). The molecule has 2 heterocycles. The van der Waals surface area contributed by atoms with E-state index in [0.717, 1.165) is 0 Å². The summed E-state index contributed by atoms with van der Waals surface area (Å²) < 4.78 is 41.0. The average Bonchev–Trinajstić information content (AvgIpc) is 3.10. The summed E-state index contributed by atoms with van der Waals surface area (Å²) in [5, 5.41) is 2.75. The van der Waals surface area contributed by atoms with Crippen LogP contribution in [-0.4, -0.2) is 29.7 Å². The number of nitrogens with one attached hydrogen (secondary N) is 1. The number of hydrogen-bond acceptors (Lipinski definition) is 4. The molecule has 1 amide bonds. The Morgan fingerprint density at radius 3 is 2.57 bits per heavy atom. The number of methoxy groups -OCH3 is 2. The van der Waals surface area contributed by atoms with Crippen LogP contribution in [-0.2, 0) is 4.79 Å². The first kappa shape index (κ1) is 18.0. The topological polar surface area (TPSA) is 65.4 Å². The van der Waals surface area contributed by atoms with Crippen molar-refractivity contribution in [3.63, 3.8) is 0 Å². The maximum Gasteiger partial charge on any atom is 0.226 e. The van der Waals surface area contributed by atoms with Crippen molar-refractivity contribution in [3.8, 4) is 17.2 Å². The number of hydrogen-bond donors (Lipinski definition) is 1. The second-order valence-corrected chi connectivity index (χ2v) is 6.33. The Morgan fingerprint density at radius 1 is 1.14 bits per heavy atom. The second kappa shape index (κ2) is 6.95. The van der Waals surface area contributed by atoms with Gasteiger partial charge in [0.15, 0.2) is 0 Å². The highest BCUT2D eigenvalue weighted by Gasteiger charge is 2.34. The zero-order chi connectivity index (χ0) is 19.8. The predicted molar refractivity (Wildman–Crippen MR) is 98.1 cm³/mol. The van der Waals surface area contributed by atoms with Crippen molar-refractivity contribution in [2.24, 2.45) is 0 Å². The summed E-state index contributed by atoms with van der Waals surface area (Å²) in [5.74, 6) is -1.16. The molecule has 0 aliphatic carbocycles. The lowest BCUT2D eigenvalue weighted by Gasteiger charge is -2.24. The fourth-order valence-corrected chi connectivity index (χ4v) is 3.46. The van der Waals surface area contributed by atoms with Crippen LogP contribution in [0.15, 0.2) is 42.7 Å². The molecule has 6 nitrogen and oxygen atoms in total. The van der Waals surface area contributed by atoms with E-state index in [0.29, 0.717) is 28.7 Å². The standard InChI is InChI=1S/C20H17F2N3O3/c1-27-11-6-7-16(28-2)15(8-11)25-10-23-19-12(9-17(26)24-20(19)25)18-13(21)4-3-5-14(18)22/h3-8,10,12H,9H2,1-2H3,(H,24,26)/t12-/m1/s1. The second-order valence-electron chi connectivity index (χ2n) is 6.33. The molecule has 2 aromatic carbocycles. The summed E-state index contributed by atoms with van der Waals surface area (Å²) in [5.41, 5.74) is 0.792. The number of anilines is 1. The molecule has 28 heavy (non-hydrogen) atoms. The third-order valence-corrected chi connectivity index (χ3v) is 4.77. The van der Waals surface area contributed by atoms with Crippen molar-refractivity contribution in [2.75, 3.05) is 19.5 Å². The van der Waals surface area contributed by atoms with E-state index in [1.54, 1.807) is 22.8 Å². The first-order chi connectivity index (χ1) is 13.5. The molecule has 1 aromatic heterocycles. The average molecular weight is 385 g/mol. The number of nitrogens with zero attached hydrogens (tertiary/aromatic N) is 2. The zero-order valence-electron chi connectivity index (χ0n) is 15.2. The highest BCUT2D eigenvalue weighted by Crippen LogP contribution is 2.40. The van der Waals surface area contributed by atoms with Crippen LogP contribution in [0, 0.1) is 11.6 Å². The Hall–Kier alpha value is -3.42. The number of halogens is 2. The summed E-state index contributed by atoms with van der Waals surface area (Å²) in [6, 6.07) is 8.82. The van der Waals surface area contributed by atoms with Crippen LogP contribution in [0.5, 0.6) is 11.5 Å². The number of carbonyl (C=O) groups is 1. The molecule has 0 saturated carbocycles. The maximum absolute atomic E-state index is 14.4. The van der Waals surface area contributed by atoms with Crippen molar-refractivity contribution in [3.05, 3.63) is 65.6 Å². The van der Waals surface area contributed by atoms with Crippen LogP contribution in [0.1, 0.15) is 23.6 Å². The molecular weight excluding hydrogens is 368 g/mol. The van der Waals surface area contributed by atoms with Gasteiger partial charge in [-0.3, -0.25) is 9.36 Å². The van der Waals surface area contributed by atoms with Crippen LogP contribution in [0.25, 0.3) is 5.69 Å². The highest BCUT2D eigenvalue weighted by atomic mass is 19.1. The highest BCUT2D eigenvalue weighted by molar-refractivity contribution is 5.94. The minimum Gasteiger partial charge on any atom is -0.497 e. The van der Waals surface area contributed by atoms with Gasteiger partial charge in [-0.2, -0.15) is 0 Å². The van der Waals surface area contributed by atoms with Crippen molar-refractivity contribution < 1.29 is 23.0 Å². The SMILES string of the molecule is COc1ccc(OC)c(-n2cnc3c2NC(=O)C[C@@H]3c2c(F)cccc2F)c1. The lowest BCUT2D eigenvalue weighted by Crippen LogP contribution is -2.26. The van der Waals surface area contributed by atoms with Crippen molar-refractivity contribution in [1.82, 2.24) is 9.55 Å². The number of fused-ring (bicyclic) bond motifs is 1. The predicted octanol–water partition coefficient (Wildman–Crippen LogP) is 3.64. The molecule has 0 unspecified atom stereocenters. The molecule has 0 bridgehead atoms. The Morgan fingerprint density at radius 2 is 1.89 bits per heavy atom. The molecule has 1 aliphatic heterocycles. The lowest BCUT2D eigenvalue weighted by atomic mass is 9.89. The van der Waals surface area contributed by atoms with Crippen molar-refractivity contribution >= 4 is 11.7 Å². The van der Waals surface area contributed by atoms with Gasteiger partial charge in [0, 0.05) is 24.0 Å². The summed E-state index contributed by atoms with van der Waals surface area (Å²) in [7, 11) is 3.05. The van der Waals surface area contributed by atoms with Crippen LogP contribution >= 0.6 is 0 Å². The molecule has 1 atom stereocenters. The largest absolute Gasteiger partial charge is 0.497 e. The monoisotopic (exact) mass is 385 g/mol. The summed E-state index contributed by atoms with van der Waals surface area (Å²) in [4.78, 5) is 16.7. The fourth-order valence-electron chi connectivity index (χ4n) is 3.46. The molecule has 0 fully saturated rings. The van der Waals surface area contributed by atoms with Gasteiger partial charge in [-0.05, 0) is 24.3 Å². The number of rotatable bonds is 4. The van der Waals surface area contributed by atoms with Crippen LogP contribution < -0.4 is 14.8 Å². The fraction of sp³-hybridized carbons (Fsp3) is 0.200. The number of benzene rings is 2. The Labute approximate surface area is 159 Å².